The highest BCUT2D eigenvalue weighted by molar-refractivity contribution is 5.66. The van der Waals surface area contributed by atoms with Gasteiger partial charge in [0.1, 0.15) is 29.2 Å². The molecule has 0 unspecified atom stereocenters. The Balaban J connectivity index is 1.46. The monoisotopic (exact) mass is 452 g/mol. The third kappa shape index (κ3) is 3.36. The second-order valence-electron chi connectivity index (χ2n) is 8.93. The van der Waals surface area contributed by atoms with Gasteiger partial charge >= 0.3 is 6.18 Å². The summed E-state index contributed by atoms with van der Waals surface area (Å²) >= 11 is 0. The fourth-order valence-corrected chi connectivity index (χ4v) is 4.52. The molecule has 4 aliphatic rings. The molecule has 3 fully saturated rings. The van der Waals surface area contributed by atoms with E-state index in [1.807, 2.05) is 0 Å². The molecule has 9 nitrogen and oxygen atoms in total. The molecule has 32 heavy (non-hydrogen) atoms. The maximum atomic E-state index is 13.5. The van der Waals surface area contributed by atoms with Crippen molar-refractivity contribution in [1.82, 2.24) is 19.7 Å². The first-order valence-electron chi connectivity index (χ1n) is 10.9. The van der Waals surface area contributed by atoms with Crippen LogP contribution in [0.1, 0.15) is 48.9 Å². The summed E-state index contributed by atoms with van der Waals surface area (Å²) in [7, 11) is 0. The molecular formula is C20H23F3N6O3. The average Bonchev–Trinajstić information content (AvgIpc) is 3.40. The fourth-order valence-electron chi connectivity index (χ4n) is 4.52. The van der Waals surface area contributed by atoms with Crippen LogP contribution in [0, 0.1) is 5.92 Å². The van der Waals surface area contributed by atoms with Gasteiger partial charge in [0.2, 0.25) is 11.8 Å². The largest absolute Gasteiger partial charge is 0.476 e. The van der Waals surface area contributed by atoms with Gasteiger partial charge in [0.15, 0.2) is 0 Å². The van der Waals surface area contributed by atoms with E-state index in [1.165, 1.54) is 0 Å². The predicted octanol–water partition coefficient (Wildman–Crippen LogP) is 2.83. The first kappa shape index (κ1) is 20.0. The van der Waals surface area contributed by atoms with Crippen LogP contribution < -0.4 is 15.4 Å². The molecule has 0 spiro atoms. The lowest BCUT2D eigenvalue weighted by atomic mass is 9.80. The number of aliphatic hydroxyl groups excluding tert-OH is 1. The zero-order valence-electron chi connectivity index (χ0n) is 17.1. The van der Waals surface area contributed by atoms with Crippen molar-refractivity contribution in [3.8, 4) is 5.88 Å². The van der Waals surface area contributed by atoms with E-state index in [1.54, 1.807) is 4.68 Å². The lowest BCUT2D eigenvalue weighted by molar-refractivity contribution is -0.137. The Labute approximate surface area is 181 Å². The first-order valence-corrected chi connectivity index (χ1v) is 10.9. The van der Waals surface area contributed by atoms with Crippen molar-refractivity contribution < 1.29 is 27.8 Å². The summed E-state index contributed by atoms with van der Waals surface area (Å²) in [6.45, 7) is 0.833. The molecule has 0 amide bonds. The summed E-state index contributed by atoms with van der Waals surface area (Å²) in [5, 5.41) is 21.2. The Bertz CT molecular complexity index is 1040. The number of ether oxygens (including phenoxy) is 2. The molecule has 2 saturated carbocycles. The number of anilines is 3. The highest BCUT2D eigenvalue weighted by Gasteiger charge is 2.41. The number of nitrogens with one attached hydrogen (secondary N) is 2. The second kappa shape index (κ2) is 7.20. The van der Waals surface area contributed by atoms with Crippen molar-refractivity contribution in [2.45, 2.75) is 56.0 Å². The molecule has 4 atom stereocenters. The van der Waals surface area contributed by atoms with Crippen LogP contribution in [0.15, 0.2) is 6.20 Å². The van der Waals surface area contributed by atoms with Crippen LogP contribution in [0.25, 0.3) is 0 Å². The predicted molar refractivity (Wildman–Crippen MR) is 106 cm³/mol. The molecule has 4 heterocycles. The lowest BCUT2D eigenvalue weighted by Gasteiger charge is -2.37. The van der Waals surface area contributed by atoms with Gasteiger partial charge in [0.05, 0.1) is 25.5 Å². The van der Waals surface area contributed by atoms with Gasteiger partial charge in [-0.3, -0.25) is 0 Å². The van der Waals surface area contributed by atoms with Gasteiger partial charge in [-0.2, -0.15) is 23.3 Å². The quantitative estimate of drug-likeness (QED) is 0.639. The molecule has 3 N–H and O–H groups in total. The minimum Gasteiger partial charge on any atom is -0.476 e. The van der Waals surface area contributed by atoms with Gasteiger partial charge < -0.3 is 25.2 Å². The van der Waals surface area contributed by atoms with Crippen molar-refractivity contribution in [3.63, 3.8) is 0 Å². The molecule has 1 saturated heterocycles. The van der Waals surface area contributed by atoms with E-state index in [9.17, 15) is 18.3 Å². The summed E-state index contributed by atoms with van der Waals surface area (Å²) in [4.78, 5) is 8.12. The van der Waals surface area contributed by atoms with E-state index >= 15 is 0 Å². The Hall–Kier alpha value is -2.60. The molecule has 0 radical (unpaired) electrons. The van der Waals surface area contributed by atoms with E-state index in [2.05, 4.69) is 20.6 Å². The van der Waals surface area contributed by atoms with Crippen LogP contribution in [0.3, 0.4) is 0 Å². The summed E-state index contributed by atoms with van der Waals surface area (Å²) in [5.41, 5.74) is 0.412. The molecule has 12 heteroatoms. The molecule has 172 valence electrons. The van der Waals surface area contributed by atoms with Gasteiger partial charge in [-0.05, 0) is 25.7 Å². The summed E-state index contributed by atoms with van der Waals surface area (Å²) in [6, 6.07) is -0.581. The van der Waals surface area contributed by atoms with Crippen molar-refractivity contribution in [3.05, 3.63) is 17.5 Å². The Morgan fingerprint density at radius 3 is 2.62 bits per heavy atom. The van der Waals surface area contributed by atoms with Gasteiger partial charge in [0, 0.05) is 24.1 Å². The standard InChI is InChI=1S/C20H23F3N6O3/c21-20(22,23)11-5-24-19-26-16-15(9-1-2-9)28-29(13-7-31-8-14(13)30)18(16)32-6-10-3-4-12(10)25-17(11)27-19/h5,9-10,12-14,30H,1-4,6-8H2,(H2,24,25,26,27)/t10-,12+,13-,14-/m0/s1. The smallest absolute Gasteiger partial charge is 0.421 e. The van der Waals surface area contributed by atoms with Crippen LogP contribution in [-0.2, 0) is 10.9 Å². The molecule has 0 aromatic carbocycles. The number of halogens is 3. The number of aliphatic hydroxyl groups is 1. The molecular weight excluding hydrogens is 429 g/mol. The highest BCUT2D eigenvalue weighted by atomic mass is 19.4. The Kier molecular flexibility index (Phi) is 4.51. The van der Waals surface area contributed by atoms with Crippen molar-refractivity contribution in [2.24, 2.45) is 5.92 Å². The van der Waals surface area contributed by atoms with E-state index in [0.717, 1.165) is 37.6 Å². The Morgan fingerprint density at radius 1 is 1.12 bits per heavy atom. The number of hydrogen-bond acceptors (Lipinski definition) is 8. The molecule has 2 bridgehead atoms. The number of rotatable bonds is 2. The van der Waals surface area contributed by atoms with Crippen LogP contribution in [-0.4, -0.2) is 56.8 Å². The molecule has 2 aliphatic heterocycles. The first-order chi connectivity index (χ1) is 15.4. The van der Waals surface area contributed by atoms with Gasteiger partial charge in [-0.25, -0.2) is 9.67 Å². The summed E-state index contributed by atoms with van der Waals surface area (Å²) in [6.07, 6.45) is -1.00. The van der Waals surface area contributed by atoms with E-state index < -0.39 is 23.9 Å². The number of fused-ring (bicyclic) bond motifs is 4. The minimum atomic E-state index is -4.56. The highest BCUT2D eigenvalue weighted by Crippen LogP contribution is 2.48. The summed E-state index contributed by atoms with van der Waals surface area (Å²) < 4.78 is 54.0. The molecule has 2 aromatic heterocycles. The second-order valence-corrected chi connectivity index (χ2v) is 8.93. The number of alkyl halides is 3. The van der Waals surface area contributed by atoms with Crippen molar-refractivity contribution in [1.29, 1.82) is 0 Å². The maximum Gasteiger partial charge on any atom is 0.421 e. The van der Waals surface area contributed by atoms with Crippen molar-refractivity contribution in [2.75, 3.05) is 30.5 Å². The number of hydrogen-bond donors (Lipinski definition) is 3. The third-order valence-corrected chi connectivity index (χ3v) is 6.70. The number of nitrogens with zero attached hydrogens (tertiary/aromatic N) is 4. The third-order valence-electron chi connectivity index (χ3n) is 6.70. The van der Waals surface area contributed by atoms with Crippen LogP contribution >= 0.6 is 0 Å². The van der Waals surface area contributed by atoms with Gasteiger partial charge in [-0.1, -0.05) is 0 Å². The van der Waals surface area contributed by atoms with Crippen LogP contribution in [0.4, 0.5) is 30.6 Å². The topological polar surface area (TPSA) is 106 Å². The van der Waals surface area contributed by atoms with Crippen LogP contribution in [0.5, 0.6) is 5.88 Å². The van der Waals surface area contributed by atoms with E-state index in [-0.39, 0.29) is 36.3 Å². The molecule has 6 rings (SSSR count). The molecule has 2 aromatic rings. The van der Waals surface area contributed by atoms with Crippen LogP contribution in [0.2, 0.25) is 0 Å². The Morgan fingerprint density at radius 2 is 1.97 bits per heavy atom. The maximum absolute atomic E-state index is 13.5. The zero-order chi connectivity index (χ0) is 22.0. The number of aromatic nitrogens is 4. The van der Waals surface area contributed by atoms with Gasteiger partial charge in [-0.15, -0.1) is 0 Å². The SMILES string of the molecule is O[C@H]1COC[C@@H]1n1nc(C2CC2)c2c1OC[C@@H]1CC[C@H]1Nc1nc(ncc1C(F)(F)F)N2. The molecule has 2 aliphatic carbocycles. The lowest BCUT2D eigenvalue weighted by Crippen LogP contribution is -2.42. The average molecular weight is 452 g/mol. The van der Waals surface area contributed by atoms with E-state index in [4.69, 9.17) is 14.6 Å². The zero-order valence-corrected chi connectivity index (χ0v) is 17.1. The minimum absolute atomic E-state index is 0.0259. The van der Waals surface area contributed by atoms with Gasteiger partial charge in [0.25, 0.3) is 0 Å². The van der Waals surface area contributed by atoms with Crippen molar-refractivity contribution >= 4 is 17.5 Å². The van der Waals surface area contributed by atoms with E-state index in [0.29, 0.717) is 24.8 Å². The summed E-state index contributed by atoms with van der Waals surface area (Å²) in [5.74, 6) is 0.493. The normalized spacial score (nSPS) is 29.5. The fraction of sp³-hybridized carbons (Fsp3) is 0.650.